The Balaban J connectivity index is 2.01. The molecule has 114 valence electrons. The first-order valence-corrected chi connectivity index (χ1v) is 9.10. The minimum absolute atomic E-state index is 0.231. The second-order valence-corrected chi connectivity index (χ2v) is 8.35. The molecule has 2 aromatic rings. The number of hydrogen-bond donors (Lipinski definition) is 1. The van der Waals surface area contributed by atoms with E-state index in [1.165, 1.54) is 0 Å². The minimum Gasteiger partial charge on any atom is -0.393 e. The molecular formula is C16H14ClNO2S2. The van der Waals surface area contributed by atoms with E-state index >= 15 is 0 Å². The maximum absolute atomic E-state index is 12.8. The van der Waals surface area contributed by atoms with E-state index < -0.39 is 15.1 Å². The fourth-order valence-electron chi connectivity index (χ4n) is 2.89. The maximum Gasteiger partial charge on any atom is 0.182 e. The van der Waals surface area contributed by atoms with Crippen LogP contribution < -0.4 is 5.73 Å². The molecular weight excluding hydrogens is 338 g/mol. The molecule has 6 heteroatoms. The van der Waals surface area contributed by atoms with Gasteiger partial charge in [0.1, 0.15) is 0 Å². The molecule has 3 atom stereocenters. The number of thiocarbonyl (C=S) groups is 1. The lowest BCUT2D eigenvalue weighted by Crippen LogP contribution is -2.17. The van der Waals surface area contributed by atoms with Crippen molar-refractivity contribution in [2.24, 2.45) is 11.7 Å². The first-order valence-electron chi connectivity index (χ1n) is 6.76. The molecule has 2 aromatic carbocycles. The van der Waals surface area contributed by atoms with Crippen molar-refractivity contribution in [2.75, 3.05) is 0 Å². The number of rotatable bonds is 4. The van der Waals surface area contributed by atoms with Gasteiger partial charge in [0.05, 0.1) is 15.1 Å². The summed E-state index contributed by atoms with van der Waals surface area (Å²) in [6.45, 7) is 0. The largest absolute Gasteiger partial charge is 0.393 e. The Hall–Kier alpha value is -1.43. The van der Waals surface area contributed by atoms with Gasteiger partial charge in [-0.05, 0) is 29.8 Å². The Morgan fingerprint density at radius 3 is 2.36 bits per heavy atom. The predicted octanol–water partition coefficient (Wildman–Crippen LogP) is 3.18. The topological polar surface area (TPSA) is 60.2 Å². The molecule has 1 aliphatic rings. The molecule has 0 amide bonds. The third-order valence-electron chi connectivity index (χ3n) is 3.95. The first kappa shape index (κ1) is 15.5. The number of hydrogen-bond acceptors (Lipinski definition) is 3. The highest BCUT2D eigenvalue weighted by Gasteiger charge is 2.60. The van der Waals surface area contributed by atoms with Crippen molar-refractivity contribution in [1.82, 2.24) is 0 Å². The van der Waals surface area contributed by atoms with Gasteiger partial charge < -0.3 is 5.73 Å². The van der Waals surface area contributed by atoms with Crippen molar-refractivity contribution in [1.29, 1.82) is 0 Å². The normalized spacial score (nSPS) is 24.0. The Labute approximate surface area is 140 Å². The van der Waals surface area contributed by atoms with E-state index in [4.69, 9.17) is 29.6 Å². The van der Waals surface area contributed by atoms with Gasteiger partial charge in [-0.15, -0.1) is 0 Å². The number of halogens is 1. The maximum atomic E-state index is 12.8. The Morgan fingerprint density at radius 2 is 1.77 bits per heavy atom. The Bertz CT molecular complexity index is 821. The van der Waals surface area contributed by atoms with Gasteiger partial charge in [0.15, 0.2) is 9.84 Å². The molecule has 22 heavy (non-hydrogen) atoms. The van der Waals surface area contributed by atoms with E-state index in [0.29, 0.717) is 9.92 Å². The molecule has 0 radical (unpaired) electrons. The molecule has 1 fully saturated rings. The number of nitrogens with two attached hydrogens (primary N) is 1. The molecule has 3 nitrogen and oxygen atoms in total. The van der Waals surface area contributed by atoms with E-state index in [9.17, 15) is 8.42 Å². The molecule has 1 saturated carbocycles. The fourth-order valence-corrected chi connectivity index (χ4v) is 5.64. The van der Waals surface area contributed by atoms with Crippen LogP contribution in [0.2, 0.25) is 5.02 Å². The van der Waals surface area contributed by atoms with Gasteiger partial charge in [0, 0.05) is 16.9 Å². The van der Waals surface area contributed by atoms with E-state index in [1.807, 2.05) is 6.07 Å². The smallest absolute Gasteiger partial charge is 0.182 e. The number of sulfone groups is 1. The van der Waals surface area contributed by atoms with Crippen molar-refractivity contribution in [3.05, 3.63) is 65.2 Å². The van der Waals surface area contributed by atoms with Crippen LogP contribution in [-0.2, 0) is 9.84 Å². The van der Waals surface area contributed by atoms with Gasteiger partial charge in [-0.1, -0.05) is 54.2 Å². The molecule has 0 bridgehead atoms. The lowest BCUT2D eigenvalue weighted by atomic mass is 10.1. The highest BCUT2D eigenvalue weighted by molar-refractivity contribution is 7.92. The monoisotopic (exact) mass is 351 g/mol. The average molecular weight is 352 g/mol. The standard InChI is InChI=1S/C16H14ClNO2S2/c17-11-6-4-5-10(9-11)13-14(16(18)21)15(13)22(19,20)12-7-2-1-3-8-12/h1-9,13-15H,(H2,18,21)/t13-,14+,15+/m1/s1. The molecule has 1 aliphatic carbocycles. The summed E-state index contributed by atoms with van der Waals surface area (Å²) in [5.74, 6) is -0.583. The minimum atomic E-state index is -3.48. The first-order chi connectivity index (χ1) is 10.4. The van der Waals surface area contributed by atoms with Crippen molar-refractivity contribution in [3.8, 4) is 0 Å². The summed E-state index contributed by atoms with van der Waals surface area (Å²) < 4.78 is 25.7. The summed E-state index contributed by atoms with van der Waals surface area (Å²) in [5.41, 5.74) is 6.62. The summed E-state index contributed by atoms with van der Waals surface area (Å²) in [4.78, 5) is 0.528. The van der Waals surface area contributed by atoms with Gasteiger partial charge in [-0.2, -0.15) is 0 Å². The molecule has 0 aromatic heterocycles. The zero-order valence-corrected chi connectivity index (χ0v) is 13.9. The van der Waals surface area contributed by atoms with Crippen LogP contribution in [0.3, 0.4) is 0 Å². The van der Waals surface area contributed by atoms with Gasteiger partial charge in [0.25, 0.3) is 0 Å². The molecule has 0 heterocycles. The van der Waals surface area contributed by atoms with Gasteiger partial charge >= 0.3 is 0 Å². The second-order valence-electron chi connectivity index (χ2n) is 5.33. The quantitative estimate of drug-likeness (QED) is 0.859. The van der Waals surface area contributed by atoms with Crippen LogP contribution >= 0.6 is 23.8 Å². The molecule has 0 spiro atoms. The third-order valence-corrected chi connectivity index (χ3v) is 6.69. The fraction of sp³-hybridized carbons (Fsp3) is 0.188. The van der Waals surface area contributed by atoms with Crippen LogP contribution in [0.25, 0.3) is 0 Å². The molecule has 3 rings (SSSR count). The zero-order valence-electron chi connectivity index (χ0n) is 11.5. The summed E-state index contributed by atoms with van der Waals surface area (Å²) >= 11 is 11.1. The van der Waals surface area contributed by atoms with Crippen LogP contribution in [0, 0.1) is 5.92 Å². The van der Waals surface area contributed by atoms with E-state index in [2.05, 4.69) is 0 Å². The van der Waals surface area contributed by atoms with Crippen molar-refractivity contribution in [2.45, 2.75) is 16.1 Å². The molecule has 0 unspecified atom stereocenters. The zero-order chi connectivity index (χ0) is 15.9. The summed E-state index contributed by atoms with van der Waals surface area (Å²) in [6.07, 6.45) is 0. The second kappa shape index (κ2) is 5.65. The van der Waals surface area contributed by atoms with Crippen LogP contribution in [0.15, 0.2) is 59.5 Å². The highest BCUT2D eigenvalue weighted by atomic mass is 35.5. The predicted molar refractivity (Wildman–Crippen MR) is 91.9 cm³/mol. The van der Waals surface area contributed by atoms with E-state index in [1.54, 1.807) is 48.5 Å². The van der Waals surface area contributed by atoms with Crippen LogP contribution in [-0.4, -0.2) is 18.7 Å². The summed E-state index contributed by atoms with van der Waals surface area (Å²) in [7, 11) is -3.48. The van der Waals surface area contributed by atoms with Crippen molar-refractivity contribution in [3.63, 3.8) is 0 Å². The third kappa shape index (κ3) is 2.64. The average Bonchev–Trinajstić information content (AvgIpc) is 3.25. The lowest BCUT2D eigenvalue weighted by Gasteiger charge is -2.04. The van der Waals surface area contributed by atoms with Crippen molar-refractivity contribution >= 4 is 38.6 Å². The molecule has 2 N–H and O–H groups in total. The van der Waals surface area contributed by atoms with Crippen molar-refractivity contribution < 1.29 is 8.42 Å². The van der Waals surface area contributed by atoms with Gasteiger partial charge in [-0.3, -0.25) is 0 Å². The lowest BCUT2D eigenvalue weighted by molar-refractivity contribution is 0.593. The molecule has 0 saturated heterocycles. The Morgan fingerprint density at radius 1 is 1.09 bits per heavy atom. The SMILES string of the molecule is NC(=S)[C@H]1[C@@H](c2cccc(Cl)c2)[C@@H]1S(=O)(=O)c1ccccc1. The summed E-state index contributed by atoms with van der Waals surface area (Å²) in [6, 6.07) is 15.6. The Kier molecular flexibility index (Phi) is 3.97. The van der Waals surface area contributed by atoms with E-state index in [0.717, 1.165) is 5.56 Å². The van der Waals surface area contributed by atoms with E-state index in [-0.39, 0.29) is 16.8 Å². The van der Waals surface area contributed by atoms with Crippen LogP contribution in [0.1, 0.15) is 11.5 Å². The summed E-state index contributed by atoms with van der Waals surface area (Å²) in [5, 5.41) is -0.0483. The molecule has 0 aliphatic heterocycles. The highest BCUT2D eigenvalue weighted by Crippen LogP contribution is 2.54. The van der Waals surface area contributed by atoms with Gasteiger partial charge in [-0.25, -0.2) is 8.42 Å². The number of benzene rings is 2. The van der Waals surface area contributed by atoms with Crippen LogP contribution in [0.4, 0.5) is 0 Å². The van der Waals surface area contributed by atoms with Crippen LogP contribution in [0.5, 0.6) is 0 Å². The van der Waals surface area contributed by atoms with Gasteiger partial charge in [0.2, 0.25) is 0 Å².